The van der Waals surface area contributed by atoms with Gasteiger partial charge in [-0.25, -0.2) is 4.98 Å². The number of aromatic nitrogens is 2. The van der Waals surface area contributed by atoms with Crippen molar-refractivity contribution in [3.05, 3.63) is 22.7 Å². The molecule has 2 N–H and O–H groups in total. The van der Waals surface area contributed by atoms with Gasteiger partial charge < -0.3 is 15.2 Å². The van der Waals surface area contributed by atoms with Crippen LogP contribution in [0.2, 0.25) is 0 Å². The number of hydrogen-bond donors (Lipinski definition) is 2. The monoisotopic (exact) mass is 250 g/mol. The normalized spacial score (nSPS) is 17.4. The standard InChI is InChI=1S/C13H22N4O/c1-10(2)14-8-11-3-5-17(6-4-11)12-7-13(18)16-9-15-12/h7,9-11,14H,3-6,8H2,1-2H3,(H,15,16,18). The first-order valence-electron chi connectivity index (χ1n) is 6.68. The molecule has 2 rings (SSSR count). The molecule has 0 aliphatic carbocycles. The molecule has 100 valence electrons. The molecule has 5 heteroatoms. The lowest BCUT2D eigenvalue weighted by Crippen LogP contribution is -2.39. The molecule has 0 radical (unpaired) electrons. The van der Waals surface area contributed by atoms with Gasteiger partial charge >= 0.3 is 0 Å². The fourth-order valence-corrected chi connectivity index (χ4v) is 2.30. The Balaban J connectivity index is 1.85. The number of rotatable bonds is 4. The van der Waals surface area contributed by atoms with E-state index in [4.69, 9.17) is 0 Å². The van der Waals surface area contributed by atoms with Crippen molar-refractivity contribution in [3.8, 4) is 0 Å². The van der Waals surface area contributed by atoms with Crippen LogP contribution in [0.1, 0.15) is 26.7 Å². The molecule has 1 aromatic rings. The molecule has 1 saturated heterocycles. The molecule has 0 amide bonds. The van der Waals surface area contributed by atoms with Gasteiger partial charge in [-0.1, -0.05) is 13.8 Å². The van der Waals surface area contributed by atoms with E-state index >= 15 is 0 Å². The maximum atomic E-state index is 11.2. The molecule has 2 heterocycles. The summed E-state index contributed by atoms with van der Waals surface area (Å²) in [5, 5.41) is 3.49. The Morgan fingerprint density at radius 3 is 2.83 bits per heavy atom. The van der Waals surface area contributed by atoms with Gasteiger partial charge in [-0.3, -0.25) is 4.79 Å². The van der Waals surface area contributed by atoms with Crippen LogP contribution in [0.5, 0.6) is 0 Å². The van der Waals surface area contributed by atoms with Gasteiger partial charge in [-0.05, 0) is 25.3 Å². The smallest absolute Gasteiger partial charge is 0.252 e. The second-order valence-electron chi connectivity index (χ2n) is 5.26. The lowest BCUT2D eigenvalue weighted by atomic mass is 9.96. The second kappa shape index (κ2) is 6.00. The number of nitrogens with one attached hydrogen (secondary N) is 2. The Morgan fingerprint density at radius 2 is 2.22 bits per heavy atom. The fraction of sp³-hybridized carbons (Fsp3) is 0.692. The Hall–Kier alpha value is -1.36. The minimum atomic E-state index is -0.0800. The maximum absolute atomic E-state index is 11.2. The summed E-state index contributed by atoms with van der Waals surface area (Å²) in [7, 11) is 0. The minimum absolute atomic E-state index is 0.0800. The van der Waals surface area contributed by atoms with Crippen molar-refractivity contribution < 1.29 is 0 Å². The summed E-state index contributed by atoms with van der Waals surface area (Å²) < 4.78 is 0. The number of piperidine rings is 1. The van der Waals surface area contributed by atoms with Crippen molar-refractivity contribution in [2.75, 3.05) is 24.5 Å². The van der Waals surface area contributed by atoms with Crippen LogP contribution in [-0.4, -0.2) is 35.6 Å². The van der Waals surface area contributed by atoms with Crippen LogP contribution in [-0.2, 0) is 0 Å². The van der Waals surface area contributed by atoms with Crippen molar-refractivity contribution in [1.82, 2.24) is 15.3 Å². The van der Waals surface area contributed by atoms with Gasteiger partial charge in [0.2, 0.25) is 0 Å². The molecule has 0 atom stereocenters. The van der Waals surface area contributed by atoms with Crippen molar-refractivity contribution in [2.24, 2.45) is 5.92 Å². The SMILES string of the molecule is CC(C)NCC1CCN(c2cc(=O)[nH]cn2)CC1. The zero-order valence-electron chi connectivity index (χ0n) is 11.1. The highest BCUT2D eigenvalue weighted by atomic mass is 16.1. The van der Waals surface area contributed by atoms with Gasteiger partial charge in [0.15, 0.2) is 0 Å². The van der Waals surface area contributed by atoms with E-state index in [1.165, 1.54) is 6.33 Å². The van der Waals surface area contributed by atoms with Crippen molar-refractivity contribution in [1.29, 1.82) is 0 Å². The zero-order chi connectivity index (χ0) is 13.0. The van der Waals surface area contributed by atoms with E-state index < -0.39 is 0 Å². The van der Waals surface area contributed by atoms with Gasteiger partial charge in [0.1, 0.15) is 5.82 Å². The van der Waals surface area contributed by atoms with Crippen LogP contribution >= 0.6 is 0 Å². The summed E-state index contributed by atoms with van der Waals surface area (Å²) >= 11 is 0. The molecule has 1 aliphatic heterocycles. The number of H-pyrrole nitrogens is 1. The van der Waals surface area contributed by atoms with Crippen molar-refractivity contribution in [3.63, 3.8) is 0 Å². The molecule has 18 heavy (non-hydrogen) atoms. The van der Waals surface area contributed by atoms with E-state index in [0.29, 0.717) is 6.04 Å². The molecule has 0 spiro atoms. The third-order valence-electron chi connectivity index (χ3n) is 3.42. The quantitative estimate of drug-likeness (QED) is 0.836. The fourth-order valence-electron chi connectivity index (χ4n) is 2.30. The second-order valence-corrected chi connectivity index (χ2v) is 5.26. The van der Waals surface area contributed by atoms with Crippen LogP contribution in [0, 0.1) is 5.92 Å². The first-order valence-corrected chi connectivity index (χ1v) is 6.68. The van der Waals surface area contributed by atoms with Crippen LogP contribution in [0.3, 0.4) is 0 Å². The Bertz CT molecular complexity index is 421. The van der Waals surface area contributed by atoms with Crippen LogP contribution in [0.4, 0.5) is 5.82 Å². The summed E-state index contributed by atoms with van der Waals surface area (Å²) in [6.07, 6.45) is 3.80. The molecule has 1 aliphatic rings. The van der Waals surface area contributed by atoms with Gasteiger partial charge in [0, 0.05) is 25.2 Å². The average Bonchev–Trinajstić information content (AvgIpc) is 2.37. The van der Waals surface area contributed by atoms with E-state index in [0.717, 1.165) is 44.2 Å². The number of anilines is 1. The maximum Gasteiger partial charge on any atom is 0.252 e. The third-order valence-corrected chi connectivity index (χ3v) is 3.42. The van der Waals surface area contributed by atoms with E-state index in [-0.39, 0.29) is 5.56 Å². The topological polar surface area (TPSA) is 61.0 Å². The summed E-state index contributed by atoms with van der Waals surface area (Å²) in [5.41, 5.74) is -0.0800. The lowest BCUT2D eigenvalue weighted by molar-refractivity contribution is 0.369. The van der Waals surface area contributed by atoms with Crippen LogP contribution in [0.15, 0.2) is 17.2 Å². The molecule has 5 nitrogen and oxygen atoms in total. The molecule has 0 aromatic carbocycles. The Morgan fingerprint density at radius 1 is 1.50 bits per heavy atom. The molecule has 1 aromatic heterocycles. The van der Waals surface area contributed by atoms with Gasteiger partial charge in [-0.2, -0.15) is 0 Å². The highest BCUT2D eigenvalue weighted by Gasteiger charge is 2.20. The Kier molecular flexibility index (Phi) is 4.36. The number of aromatic amines is 1. The molecular weight excluding hydrogens is 228 g/mol. The summed E-state index contributed by atoms with van der Waals surface area (Å²) in [6, 6.07) is 2.13. The van der Waals surface area contributed by atoms with Gasteiger partial charge in [-0.15, -0.1) is 0 Å². The van der Waals surface area contributed by atoms with E-state index in [1.807, 2.05) is 0 Å². The van der Waals surface area contributed by atoms with E-state index in [9.17, 15) is 4.79 Å². The van der Waals surface area contributed by atoms with E-state index in [1.54, 1.807) is 6.07 Å². The predicted octanol–water partition coefficient (Wildman–Crippen LogP) is 0.984. The van der Waals surface area contributed by atoms with E-state index in [2.05, 4.69) is 34.0 Å². The molecular formula is C13H22N4O. The number of hydrogen-bond acceptors (Lipinski definition) is 4. The van der Waals surface area contributed by atoms with Crippen LogP contribution < -0.4 is 15.8 Å². The molecule has 1 fully saturated rings. The molecule has 0 saturated carbocycles. The largest absolute Gasteiger partial charge is 0.356 e. The van der Waals surface area contributed by atoms with Crippen LogP contribution in [0.25, 0.3) is 0 Å². The highest BCUT2D eigenvalue weighted by Crippen LogP contribution is 2.20. The first-order chi connectivity index (χ1) is 8.65. The lowest BCUT2D eigenvalue weighted by Gasteiger charge is -2.33. The first kappa shape index (κ1) is 13.1. The zero-order valence-corrected chi connectivity index (χ0v) is 11.1. The van der Waals surface area contributed by atoms with Gasteiger partial charge in [0.05, 0.1) is 6.33 Å². The van der Waals surface area contributed by atoms with Crippen molar-refractivity contribution >= 4 is 5.82 Å². The molecule has 0 bridgehead atoms. The minimum Gasteiger partial charge on any atom is -0.356 e. The number of nitrogens with zero attached hydrogens (tertiary/aromatic N) is 2. The average molecular weight is 250 g/mol. The predicted molar refractivity (Wildman–Crippen MR) is 72.9 cm³/mol. The molecule has 0 unspecified atom stereocenters. The van der Waals surface area contributed by atoms with Crippen molar-refractivity contribution in [2.45, 2.75) is 32.7 Å². The summed E-state index contributed by atoms with van der Waals surface area (Å²) in [6.45, 7) is 7.42. The third kappa shape index (κ3) is 3.57. The highest BCUT2D eigenvalue weighted by molar-refractivity contribution is 5.36. The Labute approximate surface area is 108 Å². The summed E-state index contributed by atoms with van der Waals surface area (Å²) in [4.78, 5) is 20.2. The van der Waals surface area contributed by atoms with Gasteiger partial charge in [0.25, 0.3) is 5.56 Å². The summed E-state index contributed by atoms with van der Waals surface area (Å²) in [5.74, 6) is 1.54.